The molecule has 34 heavy (non-hydrogen) atoms. The zero-order chi connectivity index (χ0) is 23.3. The highest BCUT2D eigenvalue weighted by Gasteiger charge is 2.23. The third-order valence-corrected chi connectivity index (χ3v) is 7.05. The van der Waals surface area contributed by atoms with Crippen LogP contribution in [0.15, 0.2) is 59.8 Å². The molecule has 1 aromatic heterocycles. The number of para-hydroxylation sites is 1. The molecule has 2 aromatic carbocycles. The summed E-state index contributed by atoms with van der Waals surface area (Å²) in [5.74, 6) is 1.04. The van der Waals surface area contributed by atoms with Crippen LogP contribution in [0.1, 0.15) is 32.1 Å². The van der Waals surface area contributed by atoms with Crippen LogP contribution in [-0.4, -0.2) is 52.0 Å². The fourth-order valence-corrected chi connectivity index (χ4v) is 5.20. The number of hydrogen-bond donors (Lipinski definition) is 1. The minimum absolute atomic E-state index is 0.128. The summed E-state index contributed by atoms with van der Waals surface area (Å²) in [5, 5.41) is 12.6. The molecule has 0 atom stereocenters. The minimum Gasteiger partial charge on any atom is -0.341 e. The number of amides is 2. The number of carbonyl (C=O) groups is 2. The van der Waals surface area contributed by atoms with E-state index in [2.05, 4.69) is 20.4 Å². The normalized spacial score (nSPS) is 16.2. The zero-order valence-electron chi connectivity index (χ0n) is 19.0. The summed E-state index contributed by atoms with van der Waals surface area (Å²) in [6.07, 6.45) is 4.98. The predicted octanol–water partition coefficient (Wildman–Crippen LogP) is 4.12. The number of thioether (sulfide) groups is 1. The summed E-state index contributed by atoms with van der Waals surface area (Å²) in [6, 6.07) is 17.5. The molecule has 0 aliphatic carbocycles. The van der Waals surface area contributed by atoms with Gasteiger partial charge in [0.2, 0.25) is 17.8 Å². The Hall–Kier alpha value is -3.33. The van der Waals surface area contributed by atoms with Gasteiger partial charge in [-0.1, -0.05) is 36.0 Å². The summed E-state index contributed by atoms with van der Waals surface area (Å²) in [4.78, 5) is 28.9. The van der Waals surface area contributed by atoms with Crippen molar-refractivity contribution < 1.29 is 9.59 Å². The Morgan fingerprint density at radius 1 is 0.912 bits per heavy atom. The lowest BCUT2D eigenvalue weighted by molar-refractivity contribution is -0.117. The Balaban J connectivity index is 1.29. The molecule has 2 aliphatic rings. The zero-order valence-corrected chi connectivity index (χ0v) is 19.8. The van der Waals surface area contributed by atoms with Crippen molar-refractivity contribution >= 4 is 40.9 Å². The van der Waals surface area contributed by atoms with Gasteiger partial charge in [0.1, 0.15) is 0 Å². The SMILES string of the molecule is O=C(CSc1nnc(N2CCCCC2)n1-c1ccccc1)Nc1cccc(N2CCCC2=O)c1. The van der Waals surface area contributed by atoms with Gasteiger partial charge in [0.25, 0.3) is 0 Å². The van der Waals surface area contributed by atoms with Crippen LogP contribution in [-0.2, 0) is 9.59 Å². The molecule has 3 aromatic rings. The van der Waals surface area contributed by atoms with Crippen LogP contribution in [0, 0.1) is 0 Å². The van der Waals surface area contributed by atoms with Crippen molar-refractivity contribution in [2.75, 3.05) is 40.5 Å². The molecule has 2 aliphatic heterocycles. The van der Waals surface area contributed by atoms with Gasteiger partial charge in [0, 0.05) is 37.4 Å². The smallest absolute Gasteiger partial charge is 0.234 e. The van der Waals surface area contributed by atoms with Crippen molar-refractivity contribution in [3.8, 4) is 5.69 Å². The Kier molecular flexibility index (Phi) is 6.80. The highest BCUT2D eigenvalue weighted by Crippen LogP contribution is 2.29. The van der Waals surface area contributed by atoms with E-state index in [-0.39, 0.29) is 17.6 Å². The lowest BCUT2D eigenvalue weighted by Gasteiger charge is -2.27. The number of hydrogen-bond acceptors (Lipinski definition) is 6. The number of nitrogens with zero attached hydrogens (tertiary/aromatic N) is 5. The lowest BCUT2D eigenvalue weighted by Crippen LogP contribution is -2.31. The van der Waals surface area contributed by atoms with Crippen LogP contribution in [0.5, 0.6) is 0 Å². The largest absolute Gasteiger partial charge is 0.341 e. The van der Waals surface area contributed by atoms with Crippen LogP contribution in [0.3, 0.4) is 0 Å². The van der Waals surface area contributed by atoms with Crippen LogP contribution in [0.25, 0.3) is 5.69 Å². The van der Waals surface area contributed by atoms with E-state index >= 15 is 0 Å². The van der Waals surface area contributed by atoms with Gasteiger partial charge in [-0.3, -0.25) is 14.2 Å². The van der Waals surface area contributed by atoms with Gasteiger partial charge < -0.3 is 15.1 Å². The summed E-state index contributed by atoms with van der Waals surface area (Å²) in [6.45, 7) is 2.65. The van der Waals surface area contributed by atoms with E-state index < -0.39 is 0 Å². The molecule has 0 saturated carbocycles. The molecule has 0 unspecified atom stereocenters. The van der Waals surface area contributed by atoms with E-state index in [1.165, 1.54) is 18.2 Å². The minimum atomic E-state index is -0.128. The van der Waals surface area contributed by atoms with Crippen molar-refractivity contribution in [2.24, 2.45) is 0 Å². The Bertz CT molecular complexity index is 1160. The van der Waals surface area contributed by atoms with Gasteiger partial charge in [0.15, 0.2) is 5.16 Å². The average molecular weight is 477 g/mol. The summed E-state index contributed by atoms with van der Waals surface area (Å²) >= 11 is 1.37. The van der Waals surface area contributed by atoms with Crippen LogP contribution >= 0.6 is 11.8 Å². The van der Waals surface area contributed by atoms with E-state index in [4.69, 9.17) is 0 Å². The topological polar surface area (TPSA) is 83.4 Å². The van der Waals surface area contributed by atoms with Crippen molar-refractivity contribution in [1.29, 1.82) is 0 Å². The Labute approximate surface area is 203 Å². The molecule has 2 saturated heterocycles. The molecule has 2 amide bonds. The second-order valence-corrected chi connectivity index (χ2v) is 9.48. The first-order valence-corrected chi connectivity index (χ1v) is 12.8. The molecule has 0 radical (unpaired) electrons. The summed E-state index contributed by atoms with van der Waals surface area (Å²) < 4.78 is 2.04. The number of anilines is 3. The molecule has 8 nitrogen and oxygen atoms in total. The summed E-state index contributed by atoms with van der Waals surface area (Å²) in [7, 11) is 0. The van der Waals surface area contributed by atoms with E-state index in [0.717, 1.165) is 56.2 Å². The predicted molar refractivity (Wildman–Crippen MR) is 135 cm³/mol. The van der Waals surface area contributed by atoms with Crippen molar-refractivity contribution in [1.82, 2.24) is 14.8 Å². The monoisotopic (exact) mass is 476 g/mol. The maximum atomic E-state index is 12.8. The first-order chi connectivity index (χ1) is 16.7. The second kappa shape index (κ2) is 10.3. The van der Waals surface area contributed by atoms with Crippen molar-refractivity contribution in [2.45, 2.75) is 37.3 Å². The number of piperidine rings is 1. The quantitative estimate of drug-likeness (QED) is 0.517. The number of benzene rings is 2. The first kappa shape index (κ1) is 22.5. The average Bonchev–Trinajstić information content (AvgIpc) is 3.50. The molecule has 3 heterocycles. The molecule has 176 valence electrons. The fraction of sp³-hybridized carbons (Fsp3) is 0.360. The van der Waals surface area contributed by atoms with Crippen LogP contribution < -0.4 is 15.1 Å². The molecule has 0 bridgehead atoms. The fourth-order valence-electron chi connectivity index (χ4n) is 4.46. The molecular formula is C25H28N6O2S. The number of carbonyl (C=O) groups excluding carboxylic acids is 2. The van der Waals surface area contributed by atoms with Gasteiger partial charge in [-0.05, 0) is 56.0 Å². The van der Waals surface area contributed by atoms with Crippen molar-refractivity contribution in [3.05, 3.63) is 54.6 Å². The highest BCUT2D eigenvalue weighted by atomic mass is 32.2. The van der Waals surface area contributed by atoms with E-state index in [0.29, 0.717) is 17.3 Å². The summed E-state index contributed by atoms with van der Waals surface area (Å²) in [5.41, 5.74) is 2.49. The van der Waals surface area contributed by atoms with Gasteiger partial charge >= 0.3 is 0 Å². The highest BCUT2D eigenvalue weighted by molar-refractivity contribution is 7.99. The van der Waals surface area contributed by atoms with Gasteiger partial charge in [-0.2, -0.15) is 0 Å². The van der Waals surface area contributed by atoms with Crippen LogP contribution in [0.2, 0.25) is 0 Å². The third kappa shape index (κ3) is 4.94. The molecule has 9 heteroatoms. The number of nitrogens with one attached hydrogen (secondary N) is 1. The Morgan fingerprint density at radius 3 is 2.47 bits per heavy atom. The second-order valence-electron chi connectivity index (χ2n) is 8.54. The number of aromatic nitrogens is 3. The maximum Gasteiger partial charge on any atom is 0.234 e. The van der Waals surface area contributed by atoms with E-state index in [1.54, 1.807) is 4.90 Å². The van der Waals surface area contributed by atoms with Crippen molar-refractivity contribution in [3.63, 3.8) is 0 Å². The maximum absolute atomic E-state index is 12.8. The molecule has 2 fully saturated rings. The molecule has 5 rings (SSSR count). The van der Waals surface area contributed by atoms with Gasteiger partial charge in [0.05, 0.1) is 11.4 Å². The molecule has 1 N–H and O–H groups in total. The van der Waals surface area contributed by atoms with E-state index in [1.807, 2.05) is 59.2 Å². The lowest BCUT2D eigenvalue weighted by atomic mass is 10.1. The van der Waals surface area contributed by atoms with Gasteiger partial charge in [-0.25, -0.2) is 0 Å². The van der Waals surface area contributed by atoms with Crippen LogP contribution in [0.4, 0.5) is 17.3 Å². The van der Waals surface area contributed by atoms with E-state index in [9.17, 15) is 9.59 Å². The Morgan fingerprint density at radius 2 is 1.71 bits per heavy atom. The molecular weight excluding hydrogens is 448 g/mol. The standard InChI is InChI=1S/C25H28N6O2S/c32-22(26-19-9-7-12-21(17-19)30-16-8-13-23(30)33)18-34-25-28-27-24(29-14-5-2-6-15-29)31(25)20-10-3-1-4-11-20/h1,3-4,7,9-12,17H,2,5-6,8,13-16,18H2,(H,26,32). The third-order valence-electron chi connectivity index (χ3n) is 6.12. The first-order valence-electron chi connectivity index (χ1n) is 11.8. The van der Waals surface area contributed by atoms with Gasteiger partial charge in [-0.15, -0.1) is 10.2 Å². The molecule has 0 spiro atoms. The number of rotatable bonds is 7.